The summed E-state index contributed by atoms with van der Waals surface area (Å²) < 4.78 is 6.67. The van der Waals surface area contributed by atoms with Crippen LogP contribution in [0.25, 0.3) is 5.82 Å². The van der Waals surface area contributed by atoms with Crippen molar-refractivity contribution in [1.29, 1.82) is 0 Å². The van der Waals surface area contributed by atoms with E-state index < -0.39 is 5.97 Å². The van der Waals surface area contributed by atoms with Gasteiger partial charge < -0.3 is 14.6 Å². The topological polar surface area (TPSA) is 73.2 Å². The zero-order valence-electron chi connectivity index (χ0n) is 15.7. The second kappa shape index (κ2) is 7.45. The van der Waals surface area contributed by atoms with Gasteiger partial charge in [0, 0.05) is 23.3 Å². The number of ether oxygens (including phenoxy) is 1. The highest BCUT2D eigenvalue weighted by Gasteiger charge is 2.18. The number of amides is 1. The van der Waals surface area contributed by atoms with Crippen LogP contribution >= 0.6 is 0 Å². The van der Waals surface area contributed by atoms with Crippen LogP contribution in [0.15, 0.2) is 48.7 Å². The number of benzene rings is 1. The third-order valence-corrected chi connectivity index (χ3v) is 4.45. The molecule has 0 radical (unpaired) electrons. The van der Waals surface area contributed by atoms with E-state index in [1.807, 2.05) is 49.6 Å². The fraction of sp³-hybridized carbons (Fsp3) is 0.190. The largest absolute Gasteiger partial charge is 0.465 e. The van der Waals surface area contributed by atoms with Gasteiger partial charge in [-0.1, -0.05) is 6.07 Å². The number of anilines is 1. The number of methoxy groups -OCH3 is 1. The molecule has 3 rings (SSSR count). The highest BCUT2D eigenvalue weighted by molar-refractivity contribution is 6.06. The number of hydrogen-bond acceptors (Lipinski definition) is 4. The molecular formula is C21H21N3O3. The van der Waals surface area contributed by atoms with Gasteiger partial charge in [0.1, 0.15) is 5.82 Å². The van der Waals surface area contributed by atoms with Gasteiger partial charge in [0.05, 0.1) is 18.2 Å². The van der Waals surface area contributed by atoms with Gasteiger partial charge in [-0.3, -0.25) is 4.79 Å². The summed E-state index contributed by atoms with van der Waals surface area (Å²) in [5.74, 6) is 0.152. The molecule has 0 saturated heterocycles. The molecule has 1 N–H and O–H groups in total. The molecule has 1 amide bonds. The van der Waals surface area contributed by atoms with E-state index >= 15 is 0 Å². The lowest BCUT2D eigenvalue weighted by Gasteiger charge is -2.11. The van der Waals surface area contributed by atoms with Crippen molar-refractivity contribution in [2.75, 3.05) is 12.4 Å². The maximum absolute atomic E-state index is 12.8. The molecule has 0 aliphatic heterocycles. The zero-order chi connectivity index (χ0) is 19.6. The minimum atomic E-state index is -0.408. The number of nitrogens with zero attached hydrogens (tertiary/aromatic N) is 2. The summed E-state index contributed by atoms with van der Waals surface area (Å²) in [6.07, 6.45) is 1.72. The highest BCUT2D eigenvalue weighted by Crippen LogP contribution is 2.22. The molecule has 6 nitrogen and oxygen atoms in total. The van der Waals surface area contributed by atoms with E-state index in [0.717, 1.165) is 22.8 Å². The molecule has 27 heavy (non-hydrogen) atoms. The molecule has 0 aliphatic rings. The first kappa shape index (κ1) is 18.4. The Hall–Kier alpha value is -3.41. The van der Waals surface area contributed by atoms with Crippen LogP contribution in [-0.4, -0.2) is 28.5 Å². The maximum Gasteiger partial charge on any atom is 0.337 e. The van der Waals surface area contributed by atoms with E-state index in [0.29, 0.717) is 16.8 Å². The second-order valence-corrected chi connectivity index (χ2v) is 6.28. The summed E-state index contributed by atoms with van der Waals surface area (Å²) in [6.45, 7) is 5.66. The first-order valence-corrected chi connectivity index (χ1v) is 8.53. The number of carbonyl (C=O) groups excluding carboxylic acids is 2. The van der Waals surface area contributed by atoms with Gasteiger partial charge in [-0.15, -0.1) is 0 Å². The van der Waals surface area contributed by atoms with Crippen molar-refractivity contribution < 1.29 is 14.3 Å². The third-order valence-electron chi connectivity index (χ3n) is 4.45. The molecule has 0 unspecified atom stereocenters. The van der Waals surface area contributed by atoms with Crippen LogP contribution < -0.4 is 5.32 Å². The molecule has 0 fully saturated rings. The fourth-order valence-corrected chi connectivity index (χ4v) is 3.07. The summed E-state index contributed by atoms with van der Waals surface area (Å²) >= 11 is 0. The van der Waals surface area contributed by atoms with Gasteiger partial charge in [0.15, 0.2) is 0 Å². The average molecular weight is 363 g/mol. The molecule has 0 atom stereocenters. The fourth-order valence-electron chi connectivity index (χ4n) is 3.07. The Morgan fingerprint density at radius 1 is 1.07 bits per heavy atom. The Bertz CT molecular complexity index is 1010. The van der Waals surface area contributed by atoms with Crippen molar-refractivity contribution in [3.05, 3.63) is 76.7 Å². The number of carbonyl (C=O) groups is 2. The molecule has 2 aromatic heterocycles. The average Bonchev–Trinajstić information content (AvgIpc) is 2.97. The number of aryl methyl sites for hydroxylation is 2. The second-order valence-electron chi connectivity index (χ2n) is 6.28. The molecule has 0 bridgehead atoms. The van der Waals surface area contributed by atoms with Gasteiger partial charge in [-0.05, 0) is 62.7 Å². The molecule has 0 aliphatic carbocycles. The normalized spacial score (nSPS) is 10.5. The van der Waals surface area contributed by atoms with Crippen LogP contribution in [0.5, 0.6) is 0 Å². The number of esters is 1. The number of nitrogens with one attached hydrogen (secondary N) is 1. The summed E-state index contributed by atoms with van der Waals surface area (Å²) in [7, 11) is 1.34. The van der Waals surface area contributed by atoms with Gasteiger partial charge >= 0.3 is 5.97 Å². The van der Waals surface area contributed by atoms with Crippen LogP contribution in [0.4, 0.5) is 5.69 Å². The van der Waals surface area contributed by atoms with Crippen molar-refractivity contribution in [2.45, 2.75) is 20.8 Å². The lowest BCUT2D eigenvalue weighted by Crippen LogP contribution is -2.14. The van der Waals surface area contributed by atoms with E-state index in [-0.39, 0.29) is 5.91 Å². The maximum atomic E-state index is 12.8. The Labute approximate surface area is 157 Å². The quantitative estimate of drug-likeness (QED) is 0.715. The van der Waals surface area contributed by atoms with E-state index in [1.54, 1.807) is 24.4 Å². The number of rotatable bonds is 4. The lowest BCUT2D eigenvalue weighted by atomic mass is 10.1. The zero-order valence-corrected chi connectivity index (χ0v) is 15.7. The molecule has 1 aromatic carbocycles. The van der Waals surface area contributed by atoms with Gasteiger partial charge in [0.2, 0.25) is 0 Å². The third kappa shape index (κ3) is 3.60. The van der Waals surface area contributed by atoms with Crippen molar-refractivity contribution in [3.63, 3.8) is 0 Å². The van der Waals surface area contributed by atoms with E-state index in [2.05, 4.69) is 10.3 Å². The highest BCUT2D eigenvalue weighted by atomic mass is 16.5. The SMILES string of the molecule is COC(=O)c1ccc(NC(=O)c2cc(C)n(-c3ccccn3)c2C)c(C)c1. The van der Waals surface area contributed by atoms with Crippen LogP contribution in [0.1, 0.15) is 37.7 Å². The van der Waals surface area contributed by atoms with Crippen molar-refractivity contribution in [3.8, 4) is 5.82 Å². The van der Waals surface area contributed by atoms with Crippen LogP contribution in [0.3, 0.4) is 0 Å². The van der Waals surface area contributed by atoms with Gasteiger partial charge in [-0.25, -0.2) is 9.78 Å². The minimum Gasteiger partial charge on any atom is -0.465 e. The molecule has 0 spiro atoms. The summed E-state index contributed by atoms with van der Waals surface area (Å²) in [5, 5.41) is 2.92. The van der Waals surface area contributed by atoms with E-state index in [4.69, 9.17) is 4.74 Å². The Kier molecular flexibility index (Phi) is 5.07. The number of aromatic nitrogens is 2. The number of hydrogen-bond donors (Lipinski definition) is 1. The summed E-state index contributed by atoms with van der Waals surface area (Å²) in [5.41, 5.74) is 4.19. The molecule has 2 heterocycles. The molecule has 138 valence electrons. The van der Waals surface area contributed by atoms with Gasteiger partial charge in [-0.2, -0.15) is 0 Å². The first-order chi connectivity index (χ1) is 12.9. The Morgan fingerprint density at radius 2 is 1.85 bits per heavy atom. The molecular weight excluding hydrogens is 342 g/mol. The molecule has 6 heteroatoms. The lowest BCUT2D eigenvalue weighted by molar-refractivity contribution is 0.0600. The van der Waals surface area contributed by atoms with Crippen LogP contribution in [0, 0.1) is 20.8 Å². The number of pyridine rings is 1. The van der Waals surface area contributed by atoms with Crippen LogP contribution in [-0.2, 0) is 4.74 Å². The molecule has 3 aromatic rings. The first-order valence-electron chi connectivity index (χ1n) is 8.53. The monoisotopic (exact) mass is 363 g/mol. The van der Waals surface area contributed by atoms with E-state index in [9.17, 15) is 9.59 Å². The predicted octanol–water partition coefficient (Wildman–Crippen LogP) is 3.84. The summed E-state index contributed by atoms with van der Waals surface area (Å²) in [4.78, 5) is 28.8. The van der Waals surface area contributed by atoms with Gasteiger partial charge in [0.25, 0.3) is 5.91 Å². The summed E-state index contributed by atoms with van der Waals surface area (Å²) in [6, 6.07) is 12.5. The van der Waals surface area contributed by atoms with Crippen molar-refractivity contribution in [1.82, 2.24) is 9.55 Å². The van der Waals surface area contributed by atoms with E-state index in [1.165, 1.54) is 7.11 Å². The Balaban J connectivity index is 1.89. The van der Waals surface area contributed by atoms with Crippen molar-refractivity contribution in [2.24, 2.45) is 0 Å². The smallest absolute Gasteiger partial charge is 0.337 e. The standard InChI is InChI=1S/C21H21N3O3/c1-13-11-16(21(26)27-4)8-9-18(13)23-20(25)17-12-14(2)24(15(17)3)19-7-5-6-10-22-19/h5-12H,1-4H3,(H,23,25). The van der Waals surface area contributed by atoms with Crippen LogP contribution in [0.2, 0.25) is 0 Å². The minimum absolute atomic E-state index is 0.209. The Morgan fingerprint density at radius 3 is 2.48 bits per heavy atom. The molecule has 0 saturated carbocycles. The van der Waals surface area contributed by atoms with Crippen molar-refractivity contribution >= 4 is 17.6 Å². The predicted molar refractivity (Wildman–Crippen MR) is 104 cm³/mol.